The summed E-state index contributed by atoms with van der Waals surface area (Å²) in [7, 11) is 0. The van der Waals surface area contributed by atoms with Crippen molar-refractivity contribution in [2.75, 3.05) is 15.2 Å². The first kappa shape index (κ1) is 29.5. The second-order valence-electron chi connectivity index (χ2n) is 8.83. The highest BCUT2D eigenvalue weighted by molar-refractivity contribution is 6.43. The molecule has 13 heteroatoms. The Morgan fingerprint density at radius 2 is 1.73 bits per heavy atom. The maximum Gasteiger partial charge on any atom is 0.265 e. The van der Waals surface area contributed by atoms with Gasteiger partial charge in [-0.1, -0.05) is 46.4 Å². The molecule has 3 aromatic carbocycles. The highest BCUT2D eigenvalue weighted by atomic mass is 35.5. The van der Waals surface area contributed by atoms with Gasteiger partial charge in [0.05, 0.1) is 27.2 Å². The van der Waals surface area contributed by atoms with Crippen molar-refractivity contribution < 1.29 is 24.2 Å². The van der Waals surface area contributed by atoms with Crippen LogP contribution in [0.1, 0.15) is 25.8 Å². The number of aromatic hydroxyl groups is 1. The normalized spacial score (nSPS) is 13.6. The van der Waals surface area contributed by atoms with E-state index in [2.05, 4.69) is 10.4 Å². The molecule has 0 saturated heterocycles. The van der Waals surface area contributed by atoms with E-state index >= 15 is 0 Å². The zero-order valence-electron chi connectivity index (χ0n) is 21.3. The molecule has 0 spiro atoms. The van der Waals surface area contributed by atoms with Crippen LogP contribution in [0.25, 0.3) is 0 Å². The number of ether oxygens (including phenoxy) is 1. The van der Waals surface area contributed by atoms with E-state index < -0.39 is 23.8 Å². The molecule has 4 rings (SSSR count). The van der Waals surface area contributed by atoms with Crippen LogP contribution in [-0.4, -0.2) is 34.8 Å². The third-order valence-corrected chi connectivity index (χ3v) is 6.95. The number of anilines is 3. The number of hydrogen-bond acceptors (Lipinski definition) is 6. The first-order valence-electron chi connectivity index (χ1n) is 11.8. The Hall–Kier alpha value is -3.50. The Labute approximate surface area is 249 Å². The molecule has 3 amide bonds. The Bertz CT molecular complexity index is 1540. The third-order valence-electron chi connectivity index (χ3n) is 5.83. The van der Waals surface area contributed by atoms with E-state index in [1.54, 1.807) is 32.0 Å². The summed E-state index contributed by atoms with van der Waals surface area (Å²) in [5, 5.41) is 18.4. The van der Waals surface area contributed by atoms with E-state index in [4.69, 9.17) is 51.1 Å². The number of phenols is 1. The van der Waals surface area contributed by atoms with Crippen LogP contribution in [0.5, 0.6) is 11.5 Å². The van der Waals surface area contributed by atoms with Crippen molar-refractivity contribution in [3.8, 4) is 11.5 Å². The number of halogens is 4. The number of carbonyl (C=O) groups excluding carboxylic acids is 3. The molecule has 0 fully saturated rings. The van der Waals surface area contributed by atoms with Crippen LogP contribution in [0, 0.1) is 6.92 Å². The monoisotopic (exact) mass is 622 g/mol. The van der Waals surface area contributed by atoms with Crippen molar-refractivity contribution in [2.45, 2.75) is 33.3 Å². The highest BCUT2D eigenvalue weighted by Gasteiger charge is 2.34. The van der Waals surface area contributed by atoms with Crippen molar-refractivity contribution in [2.24, 2.45) is 5.10 Å². The van der Waals surface area contributed by atoms with Crippen LogP contribution in [0.3, 0.4) is 0 Å². The number of amidine groups is 1. The van der Waals surface area contributed by atoms with E-state index in [1.807, 2.05) is 0 Å². The van der Waals surface area contributed by atoms with Gasteiger partial charge < -0.3 is 15.2 Å². The van der Waals surface area contributed by atoms with Gasteiger partial charge in [-0.15, -0.1) is 0 Å². The van der Waals surface area contributed by atoms with Crippen molar-refractivity contribution in [1.29, 1.82) is 0 Å². The quantitative estimate of drug-likeness (QED) is 0.313. The number of amides is 3. The second-order valence-corrected chi connectivity index (χ2v) is 10.5. The summed E-state index contributed by atoms with van der Waals surface area (Å²) >= 11 is 25.0. The fourth-order valence-electron chi connectivity index (χ4n) is 3.91. The van der Waals surface area contributed by atoms with Crippen LogP contribution in [0.2, 0.25) is 20.1 Å². The number of rotatable bonds is 6. The molecule has 3 aromatic rings. The Morgan fingerprint density at radius 3 is 2.35 bits per heavy atom. The van der Waals surface area contributed by atoms with Gasteiger partial charge in [0.1, 0.15) is 23.0 Å². The molecule has 40 heavy (non-hydrogen) atoms. The zero-order chi connectivity index (χ0) is 29.3. The van der Waals surface area contributed by atoms with Gasteiger partial charge in [-0.25, -0.2) is 0 Å². The van der Waals surface area contributed by atoms with E-state index in [0.717, 1.165) is 5.01 Å². The fraction of sp³-hybridized carbons (Fsp3) is 0.185. The van der Waals surface area contributed by atoms with Gasteiger partial charge in [0, 0.05) is 17.6 Å². The van der Waals surface area contributed by atoms with E-state index in [0.29, 0.717) is 17.0 Å². The molecule has 0 aromatic heterocycles. The Morgan fingerprint density at radius 1 is 1.05 bits per heavy atom. The molecular formula is C27H22Cl4N4O5. The summed E-state index contributed by atoms with van der Waals surface area (Å²) in [6.45, 7) is 4.56. The number of nitrogens with one attached hydrogen (secondary N) is 1. The number of hydrazone groups is 1. The van der Waals surface area contributed by atoms with Gasteiger partial charge in [-0.3, -0.25) is 19.3 Å². The van der Waals surface area contributed by atoms with Crippen LogP contribution >= 0.6 is 46.4 Å². The van der Waals surface area contributed by atoms with Crippen molar-refractivity contribution in [3.05, 3.63) is 74.2 Å². The van der Waals surface area contributed by atoms with Gasteiger partial charge >= 0.3 is 0 Å². The molecule has 0 radical (unpaired) electrons. The summed E-state index contributed by atoms with van der Waals surface area (Å²) < 4.78 is 5.69. The fourth-order valence-corrected chi connectivity index (χ4v) is 5.09. The van der Waals surface area contributed by atoms with Crippen LogP contribution in [-0.2, 0) is 14.4 Å². The minimum atomic E-state index is -0.897. The third kappa shape index (κ3) is 6.28. The Kier molecular flexibility index (Phi) is 8.80. The first-order valence-corrected chi connectivity index (χ1v) is 13.3. The van der Waals surface area contributed by atoms with Gasteiger partial charge in [-0.2, -0.15) is 10.1 Å². The summed E-state index contributed by atoms with van der Waals surface area (Å²) in [6.07, 6.45) is -1.15. The first-order chi connectivity index (χ1) is 18.8. The lowest BCUT2D eigenvalue weighted by Gasteiger charge is -2.22. The molecule has 1 heterocycles. The lowest BCUT2D eigenvalue weighted by atomic mass is 10.2. The molecule has 2 N–H and O–H groups in total. The maximum atomic E-state index is 12.9. The zero-order valence-corrected chi connectivity index (χ0v) is 24.4. The number of nitrogens with zero attached hydrogens (tertiary/aromatic N) is 3. The SMILES string of the molecule is CC(=O)N(C1=NN(c2c(Cl)cc(Cl)cc2Cl)C(=O)C1)c1cc(NC(=O)C(C)Oc2ccc(O)c(C)c2)ccc1Cl. The van der Waals surface area contributed by atoms with Crippen molar-refractivity contribution >= 4 is 87.0 Å². The smallest absolute Gasteiger partial charge is 0.265 e. The molecule has 1 unspecified atom stereocenters. The lowest BCUT2D eigenvalue weighted by Crippen LogP contribution is -2.35. The number of carbonyl (C=O) groups is 3. The van der Waals surface area contributed by atoms with Gasteiger partial charge in [0.2, 0.25) is 5.91 Å². The van der Waals surface area contributed by atoms with Crippen LogP contribution < -0.4 is 20.0 Å². The summed E-state index contributed by atoms with van der Waals surface area (Å²) in [5.41, 5.74) is 1.24. The number of hydrogen-bond donors (Lipinski definition) is 2. The standard InChI is InChI=1S/C27H22Cl4N4O5/c1-13-8-18(5-7-23(13)37)40-14(2)27(39)32-17-4-6-19(29)22(11-17)34(15(3)36)24-12-25(38)35(33-24)26-20(30)9-16(28)10-21(26)31/h4-11,14,37H,12H2,1-3H3,(H,32,39). The molecular weight excluding hydrogens is 602 g/mol. The molecule has 0 aliphatic carbocycles. The minimum absolute atomic E-state index is 0.0735. The summed E-state index contributed by atoms with van der Waals surface area (Å²) in [5.74, 6) is -0.838. The molecule has 208 valence electrons. The van der Waals surface area contributed by atoms with Crippen LogP contribution in [0.4, 0.5) is 17.1 Å². The second kappa shape index (κ2) is 11.9. The van der Waals surface area contributed by atoms with Crippen LogP contribution in [0.15, 0.2) is 53.6 Å². The predicted octanol–water partition coefficient (Wildman–Crippen LogP) is 6.82. The predicted molar refractivity (Wildman–Crippen MR) is 157 cm³/mol. The van der Waals surface area contributed by atoms with Gasteiger partial charge in [-0.05, 0) is 67.9 Å². The van der Waals surface area contributed by atoms with E-state index in [1.165, 1.54) is 42.2 Å². The average molecular weight is 624 g/mol. The van der Waals surface area contributed by atoms with Crippen molar-refractivity contribution in [1.82, 2.24) is 0 Å². The molecule has 0 bridgehead atoms. The molecule has 0 saturated carbocycles. The lowest BCUT2D eigenvalue weighted by molar-refractivity contribution is -0.122. The topological polar surface area (TPSA) is 112 Å². The Balaban J connectivity index is 1.59. The van der Waals surface area contributed by atoms with E-state index in [9.17, 15) is 19.5 Å². The molecule has 1 aliphatic heterocycles. The minimum Gasteiger partial charge on any atom is -0.508 e. The maximum absolute atomic E-state index is 12.9. The van der Waals surface area contributed by atoms with E-state index in [-0.39, 0.29) is 49.5 Å². The summed E-state index contributed by atoms with van der Waals surface area (Å²) in [4.78, 5) is 39.7. The molecule has 9 nitrogen and oxygen atoms in total. The van der Waals surface area contributed by atoms with Gasteiger partial charge in [0.25, 0.3) is 11.8 Å². The summed E-state index contributed by atoms with van der Waals surface area (Å²) in [6, 6.07) is 12.0. The highest BCUT2D eigenvalue weighted by Crippen LogP contribution is 2.39. The number of aryl methyl sites for hydroxylation is 1. The average Bonchev–Trinajstić information content (AvgIpc) is 3.22. The number of benzene rings is 3. The largest absolute Gasteiger partial charge is 0.508 e. The van der Waals surface area contributed by atoms with Crippen molar-refractivity contribution in [3.63, 3.8) is 0 Å². The van der Waals surface area contributed by atoms with Gasteiger partial charge in [0.15, 0.2) is 6.10 Å². The molecule has 1 atom stereocenters. The molecule has 1 aliphatic rings. The number of phenolic OH excluding ortho intramolecular Hbond substituents is 1.